The largest absolute Gasteiger partial charge is 1.00 e. The van der Waals surface area contributed by atoms with Crippen LogP contribution < -0.4 is 51.4 Å². The Hall–Kier alpha value is -0.00364. The van der Waals surface area contributed by atoms with E-state index in [1.165, 1.54) is 6.07 Å². The van der Waals surface area contributed by atoms with Gasteiger partial charge in [0.15, 0.2) is 0 Å². The number of benzene rings is 1. The predicted molar refractivity (Wildman–Crippen MR) is 64.0 cm³/mol. The van der Waals surface area contributed by atoms with Gasteiger partial charge in [0.05, 0.1) is 0 Å². The normalized spacial score (nSPS) is 10.1. The van der Waals surface area contributed by atoms with E-state index in [1.54, 1.807) is 12.1 Å². The molecule has 0 N–H and O–H groups in total. The molecule has 0 radical (unpaired) electrons. The van der Waals surface area contributed by atoms with E-state index >= 15 is 0 Å². The molecule has 1 aromatic heterocycles. The van der Waals surface area contributed by atoms with E-state index in [4.69, 9.17) is 4.52 Å². The molecule has 18 heavy (non-hydrogen) atoms. The zero-order valence-corrected chi connectivity index (χ0v) is 14.7. The summed E-state index contributed by atoms with van der Waals surface area (Å²) in [6.07, 6.45) is 2.62. The van der Waals surface area contributed by atoms with E-state index in [1.807, 2.05) is 13.0 Å². The summed E-state index contributed by atoms with van der Waals surface area (Å²) in [5.74, 6) is 0.590. The molecule has 1 aromatic carbocycles. The van der Waals surface area contributed by atoms with Crippen molar-refractivity contribution in [2.24, 2.45) is 0 Å². The molecular weight excluding hydrogens is 256 g/mol. The van der Waals surface area contributed by atoms with Crippen LogP contribution in [-0.2, 0) is 5.41 Å². The van der Waals surface area contributed by atoms with Crippen molar-refractivity contribution in [1.82, 2.24) is 5.16 Å². The van der Waals surface area contributed by atoms with E-state index in [-0.39, 0.29) is 62.6 Å². The number of aryl methyl sites for hydroxylation is 1. The molecule has 0 aliphatic heterocycles. The first kappa shape index (κ1) is 18.0. The summed E-state index contributed by atoms with van der Waals surface area (Å²) in [5.41, 5.74) is 0.994. The van der Waals surface area contributed by atoms with Crippen LogP contribution in [-0.4, -0.2) is 5.16 Å². The first-order valence-electron chi connectivity index (χ1n) is 5.36. The number of aromatic nitrogens is 1. The third kappa shape index (κ3) is 6.80. The maximum absolute atomic E-state index is 12.1. The third-order valence-electron chi connectivity index (χ3n) is 2.05. The summed E-state index contributed by atoms with van der Waals surface area (Å²) < 4.78 is 17.0. The molecule has 2 rings (SSSR count). The fourth-order valence-electron chi connectivity index (χ4n) is 1.08. The van der Waals surface area contributed by atoms with Gasteiger partial charge in [0.2, 0.25) is 0 Å². The fourth-order valence-corrected chi connectivity index (χ4v) is 1.08. The molecular formula is C14H16FKNO-. The zero-order chi connectivity index (χ0) is 12.9. The molecule has 4 heteroatoms. The summed E-state index contributed by atoms with van der Waals surface area (Å²) in [6.45, 7) is 8.06. The standard InChI is InChI=1S/C7H6F.C7H10NO.K/c1-6-3-2-4-7(8)5-6;1-7(2,3)6-4-5-8-9-6;/h2-3,5H,1H3;4H,1-3H3;/q2*-1;+1. The van der Waals surface area contributed by atoms with Crippen LogP contribution in [0.25, 0.3) is 0 Å². The molecule has 92 valence electrons. The zero-order valence-electron chi connectivity index (χ0n) is 11.5. The van der Waals surface area contributed by atoms with Gasteiger partial charge in [0.1, 0.15) is 0 Å². The Balaban J connectivity index is 0.000000306. The second-order valence-corrected chi connectivity index (χ2v) is 4.78. The fraction of sp³-hybridized carbons (Fsp3) is 0.357. The monoisotopic (exact) mass is 272 g/mol. The maximum atomic E-state index is 12.1. The number of hydrogen-bond donors (Lipinski definition) is 0. The summed E-state index contributed by atoms with van der Waals surface area (Å²) in [4.78, 5) is 0. The van der Waals surface area contributed by atoms with Gasteiger partial charge in [-0.3, -0.25) is 0 Å². The van der Waals surface area contributed by atoms with Gasteiger partial charge in [-0.25, -0.2) is 9.55 Å². The Labute approximate surface area is 150 Å². The van der Waals surface area contributed by atoms with Gasteiger partial charge in [0, 0.05) is 5.82 Å². The predicted octanol–water partition coefficient (Wildman–Crippen LogP) is 0.711. The summed E-state index contributed by atoms with van der Waals surface area (Å²) in [7, 11) is 0. The van der Waals surface area contributed by atoms with Crippen molar-refractivity contribution in [2.75, 3.05) is 0 Å². The number of rotatable bonds is 0. The van der Waals surface area contributed by atoms with Crippen molar-refractivity contribution >= 4 is 0 Å². The van der Waals surface area contributed by atoms with Gasteiger partial charge in [-0.1, -0.05) is 27.7 Å². The van der Waals surface area contributed by atoms with Crippen LogP contribution in [0.4, 0.5) is 4.39 Å². The van der Waals surface area contributed by atoms with Crippen molar-refractivity contribution in [3.63, 3.8) is 0 Å². The average molecular weight is 272 g/mol. The molecule has 2 nitrogen and oxygen atoms in total. The minimum Gasteiger partial charge on any atom is -0.470 e. The molecule has 1 heterocycles. The van der Waals surface area contributed by atoms with Crippen LogP contribution >= 0.6 is 0 Å². The molecule has 0 fully saturated rings. The second kappa shape index (κ2) is 8.22. The van der Waals surface area contributed by atoms with Gasteiger partial charge >= 0.3 is 51.4 Å². The smallest absolute Gasteiger partial charge is 0.470 e. The maximum Gasteiger partial charge on any atom is 1.00 e. The van der Waals surface area contributed by atoms with Gasteiger partial charge in [0.25, 0.3) is 0 Å². The Morgan fingerprint density at radius 3 is 2.28 bits per heavy atom. The van der Waals surface area contributed by atoms with Gasteiger partial charge in [-0.05, 0) is 11.2 Å². The van der Waals surface area contributed by atoms with E-state index in [9.17, 15) is 4.39 Å². The van der Waals surface area contributed by atoms with Gasteiger partial charge in [-0.2, -0.15) is 23.8 Å². The van der Waals surface area contributed by atoms with Crippen LogP contribution in [0, 0.1) is 25.0 Å². The van der Waals surface area contributed by atoms with Crippen LogP contribution in [0.5, 0.6) is 0 Å². The summed E-state index contributed by atoms with van der Waals surface area (Å²) in [5, 5.41) is 3.49. The third-order valence-corrected chi connectivity index (χ3v) is 2.05. The van der Waals surface area contributed by atoms with Crippen molar-refractivity contribution < 1.29 is 60.3 Å². The van der Waals surface area contributed by atoms with E-state index in [0.29, 0.717) is 0 Å². The van der Waals surface area contributed by atoms with Crippen LogP contribution in [0.1, 0.15) is 32.1 Å². The molecule has 0 saturated carbocycles. The van der Waals surface area contributed by atoms with Crippen LogP contribution in [0.15, 0.2) is 28.8 Å². The van der Waals surface area contributed by atoms with E-state index in [0.717, 1.165) is 11.3 Å². The molecule has 0 bridgehead atoms. The van der Waals surface area contributed by atoms with E-state index < -0.39 is 0 Å². The quantitative estimate of drug-likeness (QED) is 0.521. The van der Waals surface area contributed by atoms with Crippen molar-refractivity contribution in [2.45, 2.75) is 33.1 Å². The molecule has 2 aromatic rings. The topological polar surface area (TPSA) is 26.0 Å². The first-order valence-corrected chi connectivity index (χ1v) is 5.36. The average Bonchev–Trinajstić information content (AvgIpc) is 2.69. The van der Waals surface area contributed by atoms with Crippen LogP contribution in [0.3, 0.4) is 0 Å². The molecule has 0 spiro atoms. The van der Waals surface area contributed by atoms with Gasteiger partial charge in [-0.15, -0.1) is 18.3 Å². The number of hydrogen-bond acceptors (Lipinski definition) is 2. The molecule has 0 atom stereocenters. The van der Waals surface area contributed by atoms with Crippen molar-refractivity contribution in [1.29, 1.82) is 0 Å². The Morgan fingerprint density at radius 2 is 2.00 bits per heavy atom. The summed E-state index contributed by atoms with van der Waals surface area (Å²) >= 11 is 0. The molecule has 0 aliphatic carbocycles. The molecule has 0 unspecified atom stereocenters. The van der Waals surface area contributed by atoms with Gasteiger partial charge < -0.3 is 4.52 Å². The molecule has 0 aliphatic rings. The number of nitrogens with zero attached hydrogens (tertiary/aromatic N) is 1. The Kier molecular flexibility index (Phi) is 8.22. The number of halogens is 1. The molecule has 0 saturated heterocycles. The Morgan fingerprint density at radius 1 is 1.33 bits per heavy atom. The summed E-state index contributed by atoms with van der Waals surface area (Å²) in [6, 6.07) is 9.00. The minimum atomic E-state index is -0.287. The minimum absolute atomic E-state index is 0. The van der Waals surface area contributed by atoms with E-state index in [2.05, 4.69) is 38.2 Å². The molecule has 0 amide bonds. The first-order chi connectivity index (χ1) is 7.89. The van der Waals surface area contributed by atoms with Crippen LogP contribution in [0.2, 0.25) is 0 Å². The SMILES string of the molecule is CC(C)(C)c1c[c-]no1.Cc1cc[c-]c(F)c1.[K+]. The second-order valence-electron chi connectivity index (χ2n) is 4.78. The Bertz CT molecular complexity index is 432. The van der Waals surface area contributed by atoms with Crippen molar-refractivity contribution in [3.05, 3.63) is 53.7 Å². The van der Waals surface area contributed by atoms with Crippen molar-refractivity contribution in [3.8, 4) is 0 Å².